The second-order valence-electron chi connectivity index (χ2n) is 6.78. The predicted molar refractivity (Wildman–Crippen MR) is 93.2 cm³/mol. The first-order chi connectivity index (χ1) is 11.5. The maximum absolute atomic E-state index is 12.6. The van der Waals surface area contributed by atoms with Gasteiger partial charge in [-0.05, 0) is 31.3 Å². The van der Waals surface area contributed by atoms with Crippen LogP contribution in [0.5, 0.6) is 0 Å². The molecule has 0 N–H and O–H groups in total. The third kappa shape index (κ3) is 3.52. The first kappa shape index (κ1) is 17.1. The molecule has 24 heavy (non-hydrogen) atoms. The first-order valence-corrected chi connectivity index (χ1v) is 9.24. The van der Waals surface area contributed by atoms with E-state index >= 15 is 0 Å². The van der Waals surface area contributed by atoms with E-state index in [4.69, 9.17) is 4.52 Å². The van der Waals surface area contributed by atoms with E-state index in [0.29, 0.717) is 24.3 Å². The lowest BCUT2D eigenvalue weighted by atomic mass is 10.2. The lowest BCUT2D eigenvalue weighted by Gasteiger charge is -2.23. The van der Waals surface area contributed by atoms with Crippen LogP contribution >= 0.6 is 11.3 Å². The molecule has 0 radical (unpaired) electrons. The minimum absolute atomic E-state index is 0.145. The van der Waals surface area contributed by atoms with E-state index in [1.165, 1.54) is 0 Å². The Hall–Kier alpha value is -1.73. The quantitative estimate of drug-likeness (QED) is 0.831. The second kappa shape index (κ2) is 7.03. The highest BCUT2D eigenvalue weighted by Crippen LogP contribution is 2.22. The number of aryl methyl sites for hydroxylation is 1. The first-order valence-electron chi connectivity index (χ1n) is 8.30. The van der Waals surface area contributed by atoms with E-state index in [9.17, 15) is 4.79 Å². The zero-order valence-electron chi connectivity index (χ0n) is 14.7. The number of hydrogen-bond acceptors (Lipinski definition) is 6. The van der Waals surface area contributed by atoms with E-state index in [1.54, 1.807) is 11.3 Å². The topological polar surface area (TPSA) is 62.5 Å². The van der Waals surface area contributed by atoms with Crippen LogP contribution in [-0.4, -0.2) is 52.0 Å². The number of likely N-dealkylation sites (N-methyl/N-ethyl adjacent to an activating group) is 1. The van der Waals surface area contributed by atoms with Crippen molar-refractivity contribution in [2.75, 3.05) is 20.1 Å². The number of nitrogens with zero attached hydrogens (tertiary/aromatic N) is 4. The van der Waals surface area contributed by atoms with E-state index in [-0.39, 0.29) is 11.8 Å². The highest BCUT2D eigenvalue weighted by molar-refractivity contribution is 7.08. The van der Waals surface area contributed by atoms with Crippen molar-refractivity contribution in [3.05, 3.63) is 33.6 Å². The van der Waals surface area contributed by atoms with E-state index < -0.39 is 0 Å². The van der Waals surface area contributed by atoms with Crippen molar-refractivity contribution in [3.8, 4) is 0 Å². The number of aromatic nitrogens is 2. The Bertz CT molecular complexity index is 709. The minimum Gasteiger partial charge on any atom is -0.339 e. The zero-order valence-corrected chi connectivity index (χ0v) is 15.5. The van der Waals surface area contributed by atoms with Crippen molar-refractivity contribution >= 4 is 17.2 Å². The number of rotatable bonds is 5. The summed E-state index contributed by atoms with van der Waals surface area (Å²) in [6, 6.07) is 0.328. The summed E-state index contributed by atoms with van der Waals surface area (Å²) in [5, 5.41) is 8.02. The Morgan fingerprint density at radius 3 is 2.92 bits per heavy atom. The van der Waals surface area contributed by atoms with Gasteiger partial charge >= 0.3 is 0 Å². The highest BCUT2D eigenvalue weighted by Gasteiger charge is 2.30. The van der Waals surface area contributed by atoms with Gasteiger partial charge in [-0.1, -0.05) is 19.0 Å². The fourth-order valence-electron chi connectivity index (χ4n) is 2.95. The van der Waals surface area contributed by atoms with Gasteiger partial charge in [0, 0.05) is 30.4 Å². The number of thiophene rings is 1. The van der Waals surface area contributed by atoms with E-state index in [2.05, 4.69) is 22.1 Å². The molecule has 0 aliphatic carbocycles. The molecule has 3 heterocycles. The number of likely N-dealkylation sites (tertiary alicyclic amines) is 1. The van der Waals surface area contributed by atoms with Crippen LogP contribution in [0.15, 0.2) is 15.3 Å². The van der Waals surface area contributed by atoms with Crippen molar-refractivity contribution in [3.63, 3.8) is 0 Å². The maximum atomic E-state index is 12.6. The molecular formula is C17H24N4O2S. The van der Waals surface area contributed by atoms with Gasteiger partial charge in [0.1, 0.15) is 0 Å². The van der Waals surface area contributed by atoms with Crippen LogP contribution < -0.4 is 0 Å². The summed E-state index contributed by atoms with van der Waals surface area (Å²) in [6.07, 6.45) is 0.973. The Balaban J connectivity index is 1.58. The third-order valence-corrected chi connectivity index (χ3v) is 5.39. The van der Waals surface area contributed by atoms with Gasteiger partial charge in [-0.2, -0.15) is 16.3 Å². The average Bonchev–Trinajstić information content (AvgIpc) is 3.26. The van der Waals surface area contributed by atoms with Gasteiger partial charge in [0.15, 0.2) is 5.82 Å². The van der Waals surface area contributed by atoms with Gasteiger partial charge < -0.3 is 9.42 Å². The van der Waals surface area contributed by atoms with Crippen molar-refractivity contribution in [1.82, 2.24) is 19.9 Å². The molecule has 1 saturated heterocycles. The van der Waals surface area contributed by atoms with Gasteiger partial charge in [0.05, 0.1) is 12.1 Å². The van der Waals surface area contributed by atoms with Crippen LogP contribution in [0, 0.1) is 6.92 Å². The number of carbonyl (C=O) groups excluding carboxylic acids is 1. The largest absolute Gasteiger partial charge is 0.339 e. The molecule has 1 amide bonds. The summed E-state index contributed by atoms with van der Waals surface area (Å²) in [7, 11) is 2.06. The highest BCUT2D eigenvalue weighted by atomic mass is 32.1. The fourth-order valence-corrected chi connectivity index (χ4v) is 3.78. The molecule has 6 nitrogen and oxygen atoms in total. The van der Waals surface area contributed by atoms with Crippen LogP contribution in [0.1, 0.15) is 53.8 Å². The van der Waals surface area contributed by atoms with Gasteiger partial charge in [-0.25, -0.2) is 0 Å². The molecule has 1 aliphatic rings. The molecule has 130 valence electrons. The number of amides is 1. The molecule has 3 rings (SSSR count). The van der Waals surface area contributed by atoms with E-state index in [0.717, 1.165) is 30.6 Å². The molecule has 2 aromatic heterocycles. The Kier molecular flexibility index (Phi) is 5.01. The Labute approximate surface area is 146 Å². The second-order valence-corrected chi connectivity index (χ2v) is 7.52. The standard InChI is InChI=1S/C17H24N4O2S/c1-11(2)16-18-15(19-23-16)8-20(4)13-5-6-21(7-13)17(22)14-10-24-9-12(14)3/h9-11,13H,5-8H2,1-4H3. The van der Waals surface area contributed by atoms with Crippen LogP contribution in [0.25, 0.3) is 0 Å². The van der Waals surface area contributed by atoms with Crippen LogP contribution in [0.3, 0.4) is 0 Å². The minimum atomic E-state index is 0.145. The summed E-state index contributed by atoms with van der Waals surface area (Å²) < 4.78 is 5.26. The SMILES string of the molecule is Cc1cscc1C(=O)N1CCC(N(C)Cc2noc(C(C)C)n2)C1. The van der Waals surface area contributed by atoms with Gasteiger partial charge in [0.25, 0.3) is 5.91 Å². The summed E-state index contributed by atoms with van der Waals surface area (Å²) in [5.41, 5.74) is 1.90. The third-order valence-electron chi connectivity index (χ3n) is 4.53. The summed E-state index contributed by atoms with van der Waals surface area (Å²) in [5.74, 6) is 1.77. The lowest BCUT2D eigenvalue weighted by Crippen LogP contribution is -2.36. The molecule has 0 saturated carbocycles. The van der Waals surface area contributed by atoms with Crippen molar-refractivity contribution in [1.29, 1.82) is 0 Å². The molecule has 1 aliphatic heterocycles. The van der Waals surface area contributed by atoms with Crippen molar-refractivity contribution < 1.29 is 9.32 Å². The van der Waals surface area contributed by atoms with Crippen LogP contribution in [0.2, 0.25) is 0 Å². The summed E-state index contributed by atoms with van der Waals surface area (Å²) in [4.78, 5) is 21.2. The molecule has 1 unspecified atom stereocenters. The Morgan fingerprint density at radius 1 is 1.50 bits per heavy atom. The number of carbonyl (C=O) groups is 1. The van der Waals surface area contributed by atoms with Gasteiger partial charge in [-0.15, -0.1) is 0 Å². The summed E-state index contributed by atoms with van der Waals surface area (Å²) >= 11 is 1.58. The molecule has 2 aromatic rings. The van der Waals surface area contributed by atoms with Crippen molar-refractivity contribution in [2.45, 2.75) is 45.7 Å². The molecule has 7 heteroatoms. The van der Waals surface area contributed by atoms with Gasteiger partial charge in [-0.3, -0.25) is 9.69 Å². The normalized spacial score (nSPS) is 18.1. The van der Waals surface area contributed by atoms with Crippen molar-refractivity contribution in [2.24, 2.45) is 0 Å². The summed E-state index contributed by atoms with van der Waals surface area (Å²) in [6.45, 7) is 8.25. The Morgan fingerprint density at radius 2 is 2.29 bits per heavy atom. The zero-order chi connectivity index (χ0) is 17.3. The number of hydrogen-bond donors (Lipinski definition) is 0. The molecule has 0 bridgehead atoms. The lowest BCUT2D eigenvalue weighted by molar-refractivity contribution is 0.0779. The van der Waals surface area contributed by atoms with Crippen LogP contribution in [-0.2, 0) is 6.54 Å². The molecule has 1 atom stereocenters. The molecule has 0 spiro atoms. The van der Waals surface area contributed by atoms with E-state index in [1.807, 2.05) is 36.4 Å². The van der Waals surface area contributed by atoms with Crippen LogP contribution in [0.4, 0.5) is 0 Å². The smallest absolute Gasteiger partial charge is 0.255 e. The maximum Gasteiger partial charge on any atom is 0.255 e. The molecular weight excluding hydrogens is 324 g/mol. The average molecular weight is 348 g/mol. The molecule has 1 fully saturated rings. The fraction of sp³-hybridized carbons (Fsp3) is 0.588. The van der Waals surface area contributed by atoms with Gasteiger partial charge in [0.2, 0.25) is 5.89 Å². The predicted octanol–water partition coefficient (Wildman–Crippen LogP) is 2.91. The monoisotopic (exact) mass is 348 g/mol. The molecule has 0 aromatic carbocycles.